The standard InChI is InChI=1S/C13H16Cl2O2/c1-2-4-12(17-8-9-7-16-9)10-5-3-6-11(14)13(10)15/h3,5-6,9,12H,2,4,7-8H2,1H3/t9?,12-/m1/s1. The second-order valence-electron chi connectivity index (χ2n) is 4.21. The molecular formula is C13H16Cl2O2. The molecule has 0 spiro atoms. The minimum atomic E-state index is 0.00963. The smallest absolute Gasteiger partial charge is 0.104 e. The molecule has 17 heavy (non-hydrogen) atoms. The molecule has 1 saturated heterocycles. The highest BCUT2D eigenvalue weighted by atomic mass is 35.5. The maximum atomic E-state index is 6.21. The van der Waals surface area contributed by atoms with Crippen molar-refractivity contribution in [1.29, 1.82) is 0 Å². The molecule has 94 valence electrons. The highest BCUT2D eigenvalue weighted by Crippen LogP contribution is 2.34. The van der Waals surface area contributed by atoms with Gasteiger partial charge in [-0.2, -0.15) is 0 Å². The average molecular weight is 275 g/mol. The van der Waals surface area contributed by atoms with Gasteiger partial charge in [0.2, 0.25) is 0 Å². The molecule has 1 heterocycles. The van der Waals surface area contributed by atoms with Gasteiger partial charge >= 0.3 is 0 Å². The third-order valence-electron chi connectivity index (χ3n) is 2.76. The van der Waals surface area contributed by atoms with E-state index in [2.05, 4.69) is 6.92 Å². The molecule has 2 rings (SSSR count). The third-order valence-corrected chi connectivity index (χ3v) is 3.60. The number of epoxide rings is 1. The van der Waals surface area contributed by atoms with Crippen LogP contribution in [0.2, 0.25) is 10.0 Å². The van der Waals surface area contributed by atoms with E-state index in [1.807, 2.05) is 12.1 Å². The van der Waals surface area contributed by atoms with Gasteiger partial charge in [0.15, 0.2) is 0 Å². The van der Waals surface area contributed by atoms with Crippen LogP contribution in [0.5, 0.6) is 0 Å². The van der Waals surface area contributed by atoms with Crippen LogP contribution in [0.15, 0.2) is 18.2 Å². The summed E-state index contributed by atoms with van der Waals surface area (Å²) in [5.74, 6) is 0. The van der Waals surface area contributed by atoms with E-state index in [0.717, 1.165) is 25.0 Å². The Balaban J connectivity index is 2.09. The predicted octanol–water partition coefficient (Wildman–Crippen LogP) is 4.25. The largest absolute Gasteiger partial charge is 0.371 e. The molecule has 0 bridgehead atoms. The van der Waals surface area contributed by atoms with Crippen LogP contribution < -0.4 is 0 Å². The van der Waals surface area contributed by atoms with Gasteiger partial charge in [-0.1, -0.05) is 48.7 Å². The highest BCUT2D eigenvalue weighted by Gasteiger charge is 2.25. The van der Waals surface area contributed by atoms with Crippen molar-refractivity contribution in [3.05, 3.63) is 33.8 Å². The second-order valence-corrected chi connectivity index (χ2v) is 4.99. The van der Waals surface area contributed by atoms with Gasteiger partial charge in [0.1, 0.15) is 6.10 Å². The minimum absolute atomic E-state index is 0.00963. The number of rotatable bonds is 6. The highest BCUT2D eigenvalue weighted by molar-refractivity contribution is 6.42. The molecule has 1 fully saturated rings. The van der Waals surface area contributed by atoms with Gasteiger partial charge < -0.3 is 9.47 Å². The van der Waals surface area contributed by atoms with E-state index in [0.29, 0.717) is 16.7 Å². The fourth-order valence-electron chi connectivity index (χ4n) is 1.75. The Labute approximate surface area is 112 Å². The Morgan fingerprint density at radius 3 is 2.88 bits per heavy atom. The molecule has 1 aromatic rings. The van der Waals surface area contributed by atoms with Gasteiger partial charge in [0.25, 0.3) is 0 Å². The predicted molar refractivity (Wildman–Crippen MR) is 69.8 cm³/mol. The van der Waals surface area contributed by atoms with Crippen LogP contribution in [0.3, 0.4) is 0 Å². The zero-order valence-corrected chi connectivity index (χ0v) is 11.3. The SMILES string of the molecule is CCC[C@@H](OCC1CO1)c1cccc(Cl)c1Cl. The fraction of sp³-hybridized carbons (Fsp3) is 0.538. The van der Waals surface area contributed by atoms with Crippen LogP contribution in [0.1, 0.15) is 31.4 Å². The first-order valence-corrected chi connectivity index (χ1v) is 6.65. The molecule has 1 aromatic carbocycles. The van der Waals surface area contributed by atoms with E-state index in [-0.39, 0.29) is 12.2 Å². The molecule has 4 heteroatoms. The van der Waals surface area contributed by atoms with Crippen molar-refractivity contribution in [1.82, 2.24) is 0 Å². The number of hydrogen-bond acceptors (Lipinski definition) is 2. The normalized spacial score (nSPS) is 20.3. The van der Waals surface area contributed by atoms with E-state index < -0.39 is 0 Å². The third kappa shape index (κ3) is 3.59. The summed E-state index contributed by atoms with van der Waals surface area (Å²) < 4.78 is 11.0. The summed E-state index contributed by atoms with van der Waals surface area (Å²) in [6.07, 6.45) is 2.26. The van der Waals surface area contributed by atoms with Crippen molar-refractivity contribution >= 4 is 23.2 Å². The molecule has 0 aromatic heterocycles. The second kappa shape index (κ2) is 6.05. The van der Waals surface area contributed by atoms with E-state index in [1.165, 1.54) is 0 Å². The maximum Gasteiger partial charge on any atom is 0.104 e. The summed E-state index contributed by atoms with van der Waals surface area (Å²) in [7, 11) is 0. The summed E-state index contributed by atoms with van der Waals surface area (Å²) in [5, 5.41) is 1.18. The van der Waals surface area contributed by atoms with Crippen LogP contribution in [0, 0.1) is 0 Å². The van der Waals surface area contributed by atoms with Crippen molar-refractivity contribution in [3.8, 4) is 0 Å². The van der Waals surface area contributed by atoms with E-state index in [1.54, 1.807) is 6.07 Å². The zero-order valence-electron chi connectivity index (χ0n) is 9.79. The number of hydrogen-bond donors (Lipinski definition) is 0. The average Bonchev–Trinajstić information content (AvgIpc) is 3.12. The molecule has 0 aliphatic carbocycles. The first-order chi connectivity index (χ1) is 8.22. The molecule has 2 atom stereocenters. The summed E-state index contributed by atoms with van der Waals surface area (Å²) in [5.41, 5.74) is 0.974. The molecule has 0 saturated carbocycles. The lowest BCUT2D eigenvalue weighted by Crippen LogP contribution is -2.09. The molecular weight excluding hydrogens is 259 g/mol. The summed E-state index contributed by atoms with van der Waals surface area (Å²) >= 11 is 12.2. The Kier molecular flexibility index (Phi) is 4.69. The van der Waals surface area contributed by atoms with Crippen LogP contribution in [0.4, 0.5) is 0 Å². The van der Waals surface area contributed by atoms with Crippen LogP contribution in [0.25, 0.3) is 0 Å². The van der Waals surface area contributed by atoms with Crippen LogP contribution >= 0.6 is 23.2 Å². The number of halogens is 2. The lowest BCUT2D eigenvalue weighted by atomic mass is 10.1. The molecule has 1 aliphatic rings. The molecule has 0 radical (unpaired) electrons. The van der Waals surface area contributed by atoms with Crippen LogP contribution in [-0.4, -0.2) is 19.3 Å². The van der Waals surface area contributed by atoms with Gasteiger partial charge in [-0.3, -0.25) is 0 Å². The zero-order chi connectivity index (χ0) is 12.3. The number of benzene rings is 1. The van der Waals surface area contributed by atoms with Crippen molar-refractivity contribution in [3.63, 3.8) is 0 Å². The van der Waals surface area contributed by atoms with Crippen molar-refractivity contribution in [2.45, 2.75) is 32.0 Å². The van der Waals surface area contributed by atoms with Crippen molar-refractivity contribution in [2.75, 3.05) is 13.2 Å². The van der Waals surface area contributed by atoms with E-state index >= 15 is 0 Å². The summed E-state index contributed by atoms with van der Waals surface area (Å²) in [4.78, 5) is 0. The van der Waals surface area contributed by atoms with Crippen LogP contribution in [-0.2, 0) is 9.47 Å². The topological polar surface area (TPSA) is 21.8 Å². The summed E-state index contributed by atoms with van der Waals surface area (Å²) in [6.45, 7) is 3.57. The Morgan fingerprint density at radius 1 is 1.47 bits per heavy atom. The van der Waals surface area contributed by atoms with E-state index in [9.17, 15) is 0 Å². The Morgan fingerprint density at radius 2 is 2.24 bits per heavy atom. The first-order valence-electron chi connectivity index (χ1n) is 5.89. The van der Waals surface area contributed by atoms with Gasteiger partial charge in [-0.15, -0.1) is 0 Å². The van der Waals surface area contributed by atoms with Gasteiger partial charge in [0.05, 0.1) is 29.4 Å². The van der Waals surface area contributed by atoms with Crippen molar-refractivity contribution < 1.29 is 9.47 Å². The number of ether oxygens (including phenoxy) is 2. The molecule has 0 amide bonds. The van der Waals surface area contributed by atoms with Gasteiger partial charge in [0, 0.05) is 5.56 Å². The minimum Gasteiger partial charge on any atom is -0.371 e. The summed E-state index contributed by atoms with van der Waals surface area (Å²) in [6, 6.07) is 5.67. The Hall–Kier alpha value is -0.280. The van der Waals surface area contributed by atoms with Gasteiger partial charge in [-0.05, 0) is 12.5 Å². The lowest BCUT2D eigenvalue weighted by molar-refractivity contribution is 0.0359. The maximum absolute atomic E-state index is 6.21. The lowest BCUT2D eigenvalue weighted by Gasteiger charge is -2.19. The first kappa shape index (κ1) is 13.2. The molecule has 2 nitrogen and oxygen atoms in total. The van der Waals surface area contributed by atoms with Gasteiger partial charge in [-0.25, -0.2) is 0 Å². The quantitative estimate of drug-likeness (QED) is 0.724. The molecule has 1 unspecified atom stereocenters. The van der Waals surface area contributed by atoms with Crippen molar-refractivity contribution in [2.24, 2.45) is 0 Å². The monoisotopic (exact) mass is 274 g/mol. The molecule has 1 aliphatic heterocycles. The fourth-order valence-corrected chi connectivity index (χ4v) is 2.18. The van der Waals surface area contributed by atoms with E-state index in [4.69, 9.17) is 32.7 Å². The Bertz CT molecular complexity index is 378. The molecule has 0 N–H and O–H groups in total.